The van der Waals surface area contributed by atoms with Gasteiger partial charge >= 0.3 is 5.97 Å². The number of aromatic carboxylic acids is 1. The highest BCUT2D eigenvalue weighted by Crippen LogP contribution is 2.31. The van der Waals surface area contributed by atoms with Crippen LogP contribution in [-0.4, -0.2) is 41.2 Å². The molecular weight excluding hydrogens is 330 g/mol. The van der Waals surface area contributed by atoms with Crippen LogP contribution in [0.5, 0.6) is 5.75 Å². The second-order valence-corrected chi connectivity index (χ2v) is 5.81. The summed E-state index contributed by atoms with van der Waals surface area (Å²) in [6, 6.07) is 12.5. The first-order chi connectivity index (χ1) is 12.6. The Kier molecular flexibility index (Phi) is 5.02. The third-order valence-electron chi connectivity index (χ3n) is 4.32. The lowest BCUT2D eigenvalue weighted by molar-refractivity contribution is 0.0697. The molecule has 134 valence electrons. The van der Waals surface area contributed by atoms with Crippen molar-refractivity contribution in [1.82, 2.24) is 9.97 Å². The maximum atomic E-state index is 11.3. The van der Waals surface area contributed by atoms with E-state index in [2.05, 4.69) is 18.7 Å². The Morgan fingerprint density at radius 3 is 2.31 bits per heavy atom. The zero-order valence-corrected chi connectivity index (χ0v) is 15.1. The molecule has 0 atom stereocenters. The van der Waals surface area contributed by atoms with Crippen LogP contribution in [0, 0.1) is 0 Å². The van der Waals surface area contributed by atoms with Gasteiger partial charge in [0.05, 0.1) is 23.7 Å². The number of ether oxygens (including phenoxy) is 1. The highest BCUT2D eigenvalue weighted by Gasteiger charge is 2.16. The molecule has 6 nitrogen and oxygen atoms in total. The van der Waals surface area contributed by atoms with Gasteiger partial charge < -0.3 is 14.7 Å². The van der Waals surface area contributed by atoms with Gasteiger partial charge in [-0.05, 0) is 56.3 Å². The Bertz CT molecular complexity index is 935. The minimum absolute atomic E-state index is 0.203. The van der Waals surface area contributed by atoms with E-state index in [4.69, 9.17) is 14.7 Å². The molecule has 0 aliphatic carbocycles. The number of carbonyl (C=O) groups is 1. The fourth-order valence-electron chi connectivity index (χ4n) is 2.86. The van der Waals surface area contributed by atoms with Gasteiger partial charge in [0.25, 0.3) is 0 Å². The molecule has 0 unspecified atom stereocenters. The summed E-state index contributed by atoms with van der Waals surface area (Å²) < 4.78 is 5.23. The molecule has 6 heteroatoms. The van der Waals surface area contributed by atoms with Crippen molar-refractivity contribution >= 4 is 22.8 Å². The molecule has 1 N–H and O–H groups in total. The summed E-state index contributed by atoms with van der Waals surface area (Å²) in [5.74, 6) is 0.547. The van der Waals surface area contributed by atoms with Crippen LogP contribution in [0.15, 0.2) is 42.5 Å². The zero-order chi connectivity index (χ0) is 18.7. The second-order valence-electron chi connectivity index (χ2n) is 5.81. The molecule has 1 aromatic heterocycles. The molecule has 3 aromatic rings. The number of carboxylic acid groups (broad SMARTS) is 1. The van der Waals surface area contributed by atoms with E-state index in [1.807, 2.05) is 24.3 Å². The van der Waals surface area contributed by atoms with Crippen LogP contribution in [-0.2, 0) is 0 Å². The number of hydrogen-bond donors (Lipinski definition) is 1. The van der Waals surface area contributed by atoms with Gasteiger partial charge in [-0.3, -0.25) is 0 Å². The minimum atomic E-state index is -0.975. The summed E-state index contributed by atoms with van der Waals surface area (Å²) in [6.45, 7) is 5.67. The third kappa shape index (κ3) is 3.31. The van der Waals surface area contributed by atoms with Crippen molar-refractivity contribution in [2.24, 2.45) is 0 Å². The summed E-state index contributed by atoms with van der Waals surface area (Å²) in [5.41, 5.74) is 3.15. The van der Waals surface area contributed by atoms with E-state index >= 15 is 0 Å². The van der Waals surface area contributed by atoms with Gasteiger partial charge in [-0.25, -0.2) is 14.8 Å². The Morgan fingerprint density at radius 1 is 1.04 bits per heavy atom. The first-order valence-electron chi connectivity index (χ1n) is 8.51. The highest BCUT2D eigenvalue weighted by molar-refractivity contribution is 5.93. The maximum absolute atomic E-state index is 11.3. The summed E-state index contributed by atoms with van der Waals surface area (Å²) in [6.07, 6.45) is 0. The Hall–Kier alpha value is -3.15. The zero-order valence-electron chi connectivity index (χ0n) is 15.1. The summed E-state index contributed by atoms with van der Waals surface area (Å²) in [7, 11) is 1.63. The topological polar surface area (TPSA) is 75.6 Å². The number of carboxylic acids is 1. The van der Waals surface area contributed by atoms with Gasteiger partial charge in [0.15, 0.2) is 5.82 Å². The van der Waals surface area contributed by atoms with Crippen molar-refractivity contribution in [3.63, 3.8) is 0 Å². The highest BCUT2D eigenvalue weighted by atomic mass is 16.5. The first-order valence-corrected chi connectivity index (χ1v) is 8.51. The van der Waals surface area contributed by atoms with Gasteiger partial charge in [-0.1, -0.05) is 0 Å². The van der Waals surface area contributed by atoms with Crippen LogP contribution in [0.1, 0.15) is 24.2 Å². The Morgan fingerprint density at radius 2 is 1.73 bits per heavy atom. The average Bonchev–Trinajstić information content (AvgIpc) is 2.68. The molecule has 0 saturated heterocycles. The van der Waals surface area contributed by atoms with E-state index in [0.29, 0.717) is 11.0 Å². The standard InChI is InChI=1S/C20H21N3O3/c1-4-23(5-2)19-18(13-6-9-15(26-3)10-7-13)21-16-11-8-14(20(24)25)12-17(16)22-19/h6-12H,4-5H2,1-3H3,(H,24,25). The SMILES string of the molecule is CCN(CC)c1nc2cc(C(=O)O)ccc2nc1-c1ccc(OC)cc1. The van der Waals surface area contributed by atoms with E-state index in [1.165, 1.54) is 0 Å². The minimum Gasteiger partial charge on any atom is -0.497 e. The van der Waals surface area contributed by atoms with E-state index in [1.54, 1.807) is 25.3 Å². The van der Waals surface area contributed by atoms with Gasteiger partial charge in [0.2, 0.25) is 0 Å². The maximum Gasteiger partial charge on any atom is 0.335 e. The van der Waals surface area contributed by atoms with Crippen molar-refractivity contribution in [2.75, 3.05) is 25.1 Å². The molecule has 0 amide bonds. The van der Waals surface area contributed by atoms with Crippen molar-refractivity contribution in [3.05, 3.63) is 48.0 Å². The lowest BCUT2D eigenvalue weighted by Gasteiger charge is -2.23. The molecule has 0 radical (unpaired) electrons. The average molecular weight is 351 g/mol. The predicted octanol–water partition coefficient (Wildman–Crippen LogP) is 3.85. The van der Waals surface area contributed by atoms with E-state index in [9.17, 15) is 9.90 Å². The van der Waals surface area contributed by atoms with E-state index < -0.39 is 5.97 Å². The van der Waals surface area contributed by atoms with Crippen LogP contribution in [0.3, 0.4) is 0 Å². The lowest BCUT2D eigenvalue weighted by Crippen LogP contribution is -2.24. The van der Waals surface area contributed by atoms with Crippen molar-refractivity contribution in [3.8, 4) is 17.0 Å². The lowest BCUT2D eigenvalue weighted by atomic mass is 10.1. The number of benzene rings is 2. The van der Waals surface area contributed by atoms with Crippen molar-refractivity contribution in [2.45, 2.75) is 13.8 Å². The fraction of sp³-hybridized carbons (Fsp3) is 0.250. The number of anilines is 1. The van der Waals surface area contributed by atoms with Crippen LogP contribution in [0.2, 0.25) is 0 Å². The summed E-state index contributed by atoms with van der Waals surface area (Å²) in [5, 5.41) is 9.23. The second kappa shape index (κ2) is 7.39. The predicted molar refractivity (Wildman–Crippen MR) is 102 cm³/mol. The molecule has 2 aromatic carbocycles. The first kappa shape index (κ1) is 17.7. The molecule has 0 aliphatic heterocycles. The van der Waals surface area contributed by atoms with Crippen LogP contribution in [0.25, 0.3) is 22.3 Å². The largest absolute Gasteiger partial charge is 0.497 e. The van der Waals surface area contributed by atoms with Gasteiger partial charge in [-0.2, -0.15) is 0 Å². The number of rotatable bonds is 6. The van der Waals surface area contributed by atoms with Crippen LogP contribution in [0.4, 0.5) is 5.82 Å². The molecule has 0 aliphatic rings. The molecule has 1 heterocycles. The number of hydrogen-bond acceptors (Lipinski definition) is 5. The Balaban J connectivity index is 2.22. The van der Waals surface area contributed by atoms with E-state index in [-0.39, 0.29) is 5.56 Å². The summed E-state index contributed by atoms with van der Waals surface area (Å²) in [4.78, 5) is 22.9. The normalized spacial score (nSPS) is 10.7. The molecule has 26 heavy (non-hydrogen) atoms. The molecular formula is C20H21N3O3. The quantitative estimate of drug-likeness (QED) is 0.727. The molecule has 3 rings (SSSR count). The van der Waals surface area contributed by atoms with Gasteiger partial charge in [0, 0.05) is 18.7 Å². The van der Waals surface area contributed by atoms with Crippen molar-refractivity contribution in [1.29, 1.82) is 0 Å². The number of aromatic nitrogens is 2. The molecule has 0 saturated carbocycles. The molecule has 0 bridgehead atoms. The molecule has 0 spiro atoms. The summed E-state index contributed by atoms with van der Waals surface area (Å²) >= 11 is 0. The fourth-order valence-corrected chi connectivity index (χ4v) is 2.86. The number of fused-ring (bicyclic) bond motifs is 1. The van der Waals surface area contributed by atoms with Crippen molar-refractivity contribution < 1.29 is 14.6 Å². The smallest absolute Gasteiger partial charge is 0.335 e. The van der Waals surface area contributed by atoms with Crippen LogP contribution < -0.4 is 9.64 Å². The van der Waals surface area contributed by atoms with Gasteiger partial charge in [-0.15, -0.1) is 0 Å². The van der Waals surface area contributed by atoms with E-state index in [0.717, 1.165) is 35.9 Å². The van der Waals surface area contributed by atoms with Crippen LogP contribution >= 0.6 is 0 Å². The number of methoxy groups -OCH3 is 1. The molecule has 0 fully saturated rings. The third-order valence-corrected chi connectivity index (χ3v) is 4.32. The Labute approximate surface area is 152 Å². The monoisotopic (exact) mass is 351 g/mol. The van der Waals surface area contributed by atoms with Gasteiger partial charge in [0.1, 0.15) is 11.4 Å². The number of nitrogens with zero attached hydrogens (tertiary/aromatic N) is 3.